The van der Waals surface area contributed by atoms with Crippen LogP contribution >= 0.6 is 11.8 Å². The van der Waals surface area contributed by atoms with Crippen LogP contribution in [-0.2, 0) is 5.75 Å². The molecule has 0 aliphatic rings. The minimum atomic E-state index is 0.830. The molecule has 0 spiro atoms. The van der Waals surface area contributed by atoms with Crippen LogP contribution in [0.5, 0.6) is 0 Å². The Kier molecular flexibility index (Phi) is 5.03. The molecule has 134 valence electrons. The Bertz CT molecular complexity index is 1040. The molecular formula is C22H20N4S. The Morgan fingerprint density at radius 2 is 1.63 bits per heavy atom. The third-order valence-corrected chi connectivity index (χ3v) is 5.53. The first-order chi connectivity index (χ1) is 13.2. The molecule has 0 unspecified atom stereocenters. The Balaban J connectivity index is 1.77. The molecule has 4 aromatic rings. The van der Waals surface area contributed by atoms with Crippen LogP contribution in [-0.4, -0.2) is 19.7 Å². The van der Waals surface area contributed by atoms with Crippen molar-refractivity contribution < 1.29 is 0 Å². The summed E-state index contributed by atoms with van der Waals surface area (Å²) < 4.78 is 2.13. The van der Waals surface area contributed by atoms with Crippen molar-refractivity contribution in [3.63, 3.8) is 0 Å². The van der Waals surface area contributed by atoms with Crippen LogP contribution < -0.4 is 0 Å². The van der Waals surface area contributed by atoms with Gasteiger partial charge in [-0.15, -0.1) is 10.2 Å². The normalized spacial score (nSPS) is 10.9. The number of hydrogen-bond donors (Lipinski definition) is 0. The SMILES string of the molecule is Cc1ccc(-n2c(SCc3ccccc3)nnc2-c2ccncc2)cc1C. The van der Waals surface area contributed by atoms with Crippen LogP contribution in [0.1, 0.15) is 16.7 Å². The molecule has 0 saturated carbocycles. The van der Waals surface area contributed by atoms with Crippen molar-refractivity contribution in [1.82, 2.24) is 19.7 Å². The largest absolute Gasteiger partial charge is 0.270 e. The summed E-state index contributed by atoms with van der Waals surface area (Å²) in [5.74, 6) is 1.68. The van der Waals surface area contributed by atoms with E-state index in [0.717, 1.165) is 28.0 Å². The number of rotatable bonds is 5. The van der Waals surface area contributed by atoms with E-state index in [0.29, 0.717) is 0 Å². The van der Waals surface area contributed by atoms with Crippen molar-refractivity contribution in [1.29, 1.82) is 0 Å². The van der Waals surface area contributed by atoms with Crippen molar-refractivity contribution in [2.45, 2.75) is 24.8 Å². The molecule has 4 rings (SSSR count). The van der Waals surface area contributed by atoms with E-state index in [1.165, 1.54) is 16.7 Å². The first-order valence-corrected chi connectivity index (χ1v) is 9.81. The number of thioether (sulfide) groups is 1. The van der Waals surface area contributed by atoms with Gasteiger partial charge in [0, 0.05) is 23.7 Å². The lowest BCUT2D eigenvalue weighted by atomic mass is 10.1. The molecule has 0 saturated heterocycles. The highest BCUT2D eigenvalue weighted by Crippen LogP contribution is 2.30. The zero-order chi connectivity index (χ0) is 18.6. The fraction of sp³-hybridized carbons (Fsp3) is 0.136. The molecule has 0 atom stereocenters. The van der Waals surface area contributed by atoms with Crippen LogP contribution in [0.25, 0.3) is 17.1 Å². The molecule has 2 aromatic heterocycles. The maximum absolute atomic E-state index is 4.49. The van der Waals surface area contributed by atoms with Gasteiger partial charge in [0.25, 0.3) is 0 Å². The summed E-state index contributed by atoms with van der Waals surface area (Å²) in [7, 11) is 0. The van der Waals surface area contributed by atoms with Crippen LogP contribution in [0.2, 0.25) is 0 Å². The maximum atomic E-state index is 4.49. The summed E-state index contributed by atoms with van der Waals surface area (Å²) in [4.78, 5) is 4.12. The van der Waals surface area contributed by atoms with Crippen LogP contribution in [0, 0.1) is 13.8 Å². The number of aryl methyl sites for hydroxylation is 2. The summed E-state index contributed by atoms with van der Waals surface area (Å²) in [6.07, 6.45) is 3.57. The Labute approximate surface area is 163 Å². The quantitative estimate of drug-likeness (QED) is 0.450. The minimum Gasteiger partial charge on any atom is -0.270 e. The number of aromatic nitrogens is 4. The van der Waals surface area contributed by atoms with Crippen LogP contribution in [0.15, 0.2) is 78.2 Å². The summed E-state index contributed by atoms with van der Waals surface area (Å²) in [5, 5.41) is 9.87. The molecule has 0 radical (unpaired) electrons. The van der Waals surface area contributed by atoms with E-state index < -0.39 is 0 Å². The molecule has 2 heterocycles. The number of hydrogen-bond acceptors (Lipinski definition) is 4. The Morgan fingerprint density at radius 3 is 2.37 bits per heavy atom. The molecule has 27 heavy (non-hydrogen) atoms. The van der Waals surface area contributed by atoms with E-state index in [9.17, 15) is 0 Å². The average Bonchev–Trinajstić information content (AvgIpc) is 3.14. The number of pyridine rings is 1. The molecule has 0 fully saturated rings. The van der Waals surface area contributed by atoms with Gasteiger partial charge in [-0.3, -0.25) is 9.55 Å². The molecular weight excluding hydrogens is 352 g/mol. The van der Waals surface area contributed by atoms with Crippen LogP contribution in [0.3, 0.4) is 0 Å². The lowest BCUT2D eigenvalue weighted by molar-refractivity contribution is 0.884. The summed E-state index contributed by atoms with van der Waals surface area (Å²) >= 11 is 1.69. The van der Waals surface area contributed by atoms with Crippen molar-refractivity contribution in [3.05, 3.63) is 89.7 Å². The Morgan fingerprint density at radius 1 is 0.852 bits per heavy atom. The second-order valence-electron chi connectivity index (χ2n) is 6.42. The predicted octanol–water partition coefficient (Wildman–Crippen LogP) is 5.24. The van der Waals surface area contributed by atoms with Crippen molar-refractivity contribution >= 4 is 11.8 Å². The third kappa shape index (κ3) is 3.78. The topological polar surface area (TPSA) is 43.6 Å². The minimum absolute atomic E-state index is 0.830. The van der Waals surface area contributed by atoms with Crippen molar-refractivity contribution in [2.24, 2.45) is 0 Å². The van der Waals surface area contributed by atoms with Gasteiger partial charge in [0.2, 0.25) is 0 Å². The van der Waals surface area contributed by atoms with Gasteiger partial charge >= 0.3 is 0 Å². The second-order valence-corrected chi connectivity index (χ2v) is 7.36. The molecule has 4 nitrogen and oxygen atoms in total. The second kappa shape index (κ2) is 7.76. The zero-order valence-corrected chi connectivity index (χ0v) is 16.1. The average molecular weight is 372 g/mol. The van der Waals surface area contributed by atoms with Gasteiger partial charge in [-0.25, -0.2) is 0 Å². The smallest absolute Gasteiger partial charge is 0.196 e. The summed E-state index contributed by atoms with van der Waals surface area (Å²) in [6.45, 7) is 4.26. The van der Waals surface area contributed by atoms with E-state index >= 15 is 0 Å². The number of nitrogens with zero attached hydrogens (tertiary/aromatic N) is 4. The molecule has 0 aliphatic carbocycles. The van der Waals surface area contributed by atoms with Gasteiger partial charge in [0.15, 0.2) is 11.0 Å². The fourth-order valence-electron chi connectivity index (χ4n) is 2.87. The lowest BCUT2D eigenvalue weighted by Crippen LogP contribution is -2.01. The summed E-state index contributed by atoms with van der Waals surface area (Å²) in [5.41, 5.74) is 5.87. The first kappa shape index (κ1) is 17.5. The van der Waals surface area contributed by atoms with E-state index in [1.54, 1.807) is 24.2 Å². The highest BCUT2D eigenvalue weighted by atomic mass is 32.2. The molecule has 2 aromatic carbocycles. The van der Waals surface area contributed by atoms with E-state index in [4.69, 9.17) is 0 Å². The van der Waals surface area contributed by atoms with Gasteiger partial charge < -0.3 is 0 Å². The van der Waals surface area contributed by atoms with E-state index in [2.05, 4.69) is 76.1 Å². The molecule has 0 aliphatic heterocycles. The monoisotopic (exact) mass is 372 g/mol. The molecule has 0 amide bonds. The van der Waals surface area contributed by atoms with Gasteiger partial charge in [-0.1, -0.05) is 48.2 Å². The lowest BCUT2D eigenvalue weighted by Gasteiger charge is -2.12. The first-order valence-electron chi connectivity index (χ1n) is 8.82. The van der Waals surface area contributed by atoms with Crippen LogP contribution in [0.4, 0.5) is 0 Å². The molecule has 0 N–H and O–H groups in total. The maximum Gasteiger partial charge on any atom is 0.196 e. The van der Waals surface area contributed by atoms with E-state index in [1.807, 2.05) is 18.2 Å². The van der Waals surface area contributed by atoms with Crippen molar-refractivity contribution in [2.75, 3.05) is 0 Å². The van der Waals surface area contributed by atoms with Gasteiger partial charge in [-0.2, -0.15) is 0 Å². The van der Waals surface area contributed by atoms with Gasteiger partial charge in [-0.05, 0) is 54.8 Å². The standard InChI is InChI=1S/C22H20N4S/c1-16-8-9-20(14-17(16)2)26-21(19-10-12-23-13-11-19)24-25-22(26)27-15-18-6-4-3-5-7-18/h3-14H,15H2,1-2H3. The zero-order valence-electron chi connectivity index (χ0n) is 15.3. The number of benzene rings is 2. The highest BCUT2D eigenvalue weighted by molar-refractivity contribution is 7.98. The fourth-order valence-corrected chi connectivity index (χ4v) is 3.78. The molecule has 0 bridgehead atoms. The summed E-state index contributed by atoms with van der Waals surface area (Å²) in [6, 6.07) is 20.8. The van der Waals surface area contributed by atoms with Gasteiger partial charge in [0.1, 0.15) is 0 Å². The Hall–Kier alpha value is -2.92. The molecule has 5 heteroatoms. The van der Waals surface area contributed by atoms with Crippen molar-refractivity contribution in [3.8, 4) is 17.1 Å². The predicted molar refractivity (Wildman–Crippen MR) is 110 cm³/mol. The highest BCUT2D eigenvalue weighted by Gasteiger charge is 2.16. The third-order valence-electron chi connectivity index (χ3n) is 4.53. The van der Waals surface area contributed by atoms with E-state index in [-0.39, 0.29) is 0 Å². The van der Waals surface area contributed by atoms with Gasteiger partial charge in [0.05, 0.1) is 5.69 Å².